The number of nitrogens with two attached hydrogens (primary N) is 1. The van der Waals surface area contributed by atoms with Crippen molar-refractivity contribution in [2.45, 2.75) is 50.9 Å². The minimum Gasteiger partial charge on any atom is -0.480 e. The van der Waals surface area contributed by atoms with E-state index in [-0.39, 0.29) is 0 Å². The number of hydrogen-bond donors (Lipinski definition) is 6. The summed E-state index contributed by atoms with van der Waals surface area (Å²) in [5.74, 6) is -2.28. The number of carbonyl (C=O) groups excluding carboxylic acids is 3. The van der Waals surface area contributed by atoms with Crippen LogP contribution < -0.4 is 21.7 Å². The summed E-state index contributed by atoms with van der Waals surface area (Å²) in [5, 5.41) is 26.0. The fourth-order valence-electron chi connectivity index (χ4n) is 2.39. The number of thioether (sulfide) groups is 2. The number of rotatable bonds is 15. The van der Waals surface area contributed by atoms with E-state index in [2.05, 4.69) is 16.0 Å². The second-order valence-corrected chi connectivity index (χ2v) is 9.01. The standard InChI is InChI=1S/C18H34N4O6S2/c1-10(2)14(18(27)28)22-17(26)13(9-23)21-16(25)12(6-8-30-4)20-15(24)11(19)5-7-29-3/h10-14,23H,5-9,19H2,1-4H3,(H,20,24)(H,21,25)(H,22,26)(H,27,28). The van der Waals surface area contributed by atoms with Gasteiger partial charge in [0.2, 0.25) is 17.7 Å². The Morgan fingerprint density at radius 2 is 1.37 bits per heavy atom. The Bertz CT molecular complexity index is 579. The predicted octanol–water partition coefficient (Wildman–Crippen LogP) is -0.993. The molecule has 0 saturated carbocycles. The lowest BCUT2D eigenvalue weighted by molar-refractivity contribution is -0.143. The third-order valence-electron chi connectivity index (χ3n) is 4.26. The molecule has 0 bridgehead atoms. The molecule has 0 aliphatic heterocycles. The molecular weight excluding hydrogens is 432 g/mol. The molecule has 4 atom stereocenters. The maximum absolute atomic E-state index is 12.7. The van der Waals surface area contributed by atoms with Crippen LogP contribution in [0.1, 0.15) is 26.7 Å². The van der Waals surface area contributed by atoms with Crippen molar-refractivity contribution in [3.63, 3.8) is 0 Å². The van der Waals surface area contributed by atoms with Crippen molar-refractivity contribution < 1.29 is 29.4 Å². The zero-order valence-electron chi connectivity index (χ0n) is 17.8. The smallest absolute Gasteiger partial charge is 0.326 e. The lowest BCUT2D eigenvalue weighted by Crippen LogP contribution is -2.58. The molecule has 0 radical (unpaired) electrons. The van der Waals surface area contributed by atoms with Crippen LogP contribution in [0, 0.1) is 5.92 Å². The van der Waals surface area contributed by atoms with E-state index < -0.39 is 60.4 Å². The molecule has 0 aliphatic rings. The number of aliphatic hydroxyl groups excluding tert-OH is 1. The SMILES string of the molecule is CSCCC(N)C(=O)NC(CCSC)C(=O)NC(CO)C(=O)NC(C(=O)O)C(C)C. The molecular formula is C18H34N4O6S2. The number of carboxylic acids is 1. The highest BCUT2D eigenvalue weighted by molar-refractivity contribution is 7.98. The fraction of sp³-hybridized carbons (Fsp3) is 0.778. The zero-order chi connectivity index (χ0) is 23.3. The highest BCUT2D eigenvalue weighted by Crippen LogP contribution is 2.05. The highest BCUT2D eigenvalue weighted by Gasteiger charge is 2.30. The summed E-state index contributed by atoms with van der Waals surface area (Å²) >= 11 is 3.04. The van der Waals surface area contributed by atoms with E-state index in [1.807, 2.05) is 12.5 Å². The molecule has 0 aliphatic carbocycles. The molecule has 0 spiro atoms. The molecule has 7 N–H and O–H groups in total. The van der Waals surface area contributed by atoms with Crippen LogP contribution in [0.25, 0.3) is 0 Å². The molecule has 0 rings (SSSR count). The monoisotopic (exact) mass is 466 g/mol. The third kappa shape index (κ3) is 10.5. The van der Waals surface area contributed by atoms with Crippen LogP contribution in [0.15, 0.2) is 0 Å². The summed E-state index contributed by atoms with van der Waals surface area (Å²) in [5.41, 5.74) is 5.85. The van der Waals surface area contributed by atoms with E-state index >= 15 is 0 Å². The molecule has 0 fully saturated rings. The second-order valence-electron chi connectivity index (χ2n) is 7.04. The van der Waals surface area contributed by atoms with Gasteiger partial charge in [0.25, 0.3) is 0 Å². The molecule has 4 unspecified atom stereocenters. The van der Waals surface area contributed by atoms with Crippen molar-refractivity contribution in [1.29, 1.82) is 0 Å². The Morgan fingerprint density at radius 3 is 1.83 bits per heavy atom. The normalized spacial score (nSPS) is 15.0. The first kappa shape index (κ1) is 28.5. The molecule has 10 nitrogen and oxygen atoms in total. The highest BCUT2D eigenvalue weighted by atomic mass is 32.2. The second kappa shape index (κ2) is 15.3. The first-order chi connectivity index (χ1) is 14.1. The quantitative estimate of drug-likeness (QED) is 0.177. The number of carboxylic acid groups (broad SMARTS) is 1. The van der Waals surface area contributed by atoms with Gasteiger partial charge in [-0.3, -0.25) is 14.4 Å². The van der Waals surface area contributed by atoms with E-state index in [0.29, 0.717) is 24.3 Å². The lowest BCUT2D eigenvalue weighted by atomic mass is 10.0. The van der Waals surface area contributed by atoms with Crippen LogP contribution in [0.4, 0.5) is 0 Å². The van der Waals surface area contributed by atoms with Gasteiger partial charge in [0.1, 0.15) is 18.1 Å². The van der Waals surface area contributed by atoms with E-state index in [4.69, 9.17) is 5.73 Å². The summed E-state index contributed by atoms with van der Waals surface area (Å²) in [6.07, 6.45) is 4.51. The topological polar surface area (TPSA) is 171 Å². The van der Waals surface area contributed by atoms with Crippen molar-refractivity contribution >= 4 is 47.2 Å². The minimum absolute atomic E-state index is 0.303. The van der Waals surface area contributed by atoms with E-state index in [1.165, 1.54) is 11.8 Å². The molecule has 12 heteroatoms. The van der Waals surface area contributed by atoms with E-state index in [0.717, 1.165) is 0 Å². The predicted molar refractivity (Wildman–Crippen MR) is 119 cm³/mol. The van der Waals surface area contributed by atoms with Crippen LogP contribution in [0.3, 0.4) is 0 Å². The van der Waals surface area contributed by atoms with Crippen molar-refractivity contribution in [3.8, 4) is 0 Å². The van der Waals surface area contributed by atoms with Crippen molar-refractivity contribution in [2.24, 2.45) is 11.7 Å². The molecule has 0 aromatic heterocycles. The van der Waals surface area contributed by atoms with Crippen LogP contribution in [0.5, 0.6) is 0 Å². The number of nitrogens with one attached hydrogen (secondary N) is 3. The first-order valence-corrected chi connectivity index (χ1v) is 12.4. The summed E-state index contributed by atoms with van der Waals surface area (Å²) in [6.45, 7) is 2.53. The summed E-state index contributed by atoms with van der Waals surface area (Å²) in [7, 11) is 0. The Kier molecular flexibility index (Phi) is 14.6. The number of aliphatic hydroxyl groups is 1. The Hall–Kier alpha value is -1.50. The molecule has 30 heavy (non-hydrogen) atoms. The molecule has 0 aromatic carbocycles. The fourth-order valence-corrected chi connectivity index (χ4v) is 3.35. The van der Waals surface area contributed by atoms with Crippen LogP contribution in [-0.4, -0.2) is 88.7 Å². The number of aliphatic carboxylic acids is 1. The molecule has 0 aromatic rings. The van der Waals surface area contributed by atoms with E-state index in [1.54, 1.807) is 25.6 Å². The van der Waals surface area contributed by atoms with Gasteiger partial charge < -0.3 is 31.9 Å². The number of amides is 3. The van der Waals surface area contributed by atoms with Crippen molar-refractivity contribution in [1.82, 2.24) is 16.0 Å². The number of hydrogen-bond acceptors (Lipinski definition) is 8. The lowest BCUT2D eigenvalue weighted by Gasteiger charge is -2.25. The van der Waals surface area contributed by atoms with Gasteiger partial charge in [0.15, 0.2) is 0 Å². The number of carbonyl (C=O) groups is 4. The Balaban J connectivity index is 5.13. The third-order valence-corrected chi connectivity index (χ3v) is 5.55. The minimum atomic E-state index is -1.35. The molecule has 3 amide bonds. The first-order valence-electron chi connectivity index (χ1n) is 9.57. The summed E-state index contributed by atoms with van der Waals surface area (Å²) < 4.78 is 0. The largest absolute Gasteiger partial charge is 0.480 e. The Labute approximate surface area is 185 Å². The molecule has 174 valence electrons. The van der Waals surface area contributed by atoms with Crippen molar-refractivity contribution in [2.75, 3.05) is 30.6 Å². The van der Waals surface area contributed by atoms with Gasteiger partial charge in [0, 0.05) is 0 Å². The van der Waals surface area contributed by atoms with Gasteiger partial charge in [0.05, 0.1) is 12.6 Å². The van der Waals surface area contributed by atoms with Gasteiger partial charge in [-0.25, -0.2) is 4.79 Å². The van der Waals surface area contributed by atoms with Crippen LogP contribution >= 0.6 is 23.5 Å². The maximum atomic E-state index is 12.7. The summed E-state index contributed by atoms with van der Waals surface area (Å²) in [4.78, 5) is 48.6. The van der Waals surface area contributed by atoms with Gasteiger partial charge in [-0.1, -0.05) is 13.8 Å². The van der Waals surface area contributed by atoms with Crippen LogP contribution in [0.2, 0.25) is 0 Å². The van der Waals surface area contributed by atoms with E-state index in [9.17, 15) is 29.4 Å². The molecule has 0 heterocycles. The zero-order valence-corrected chi connectivity index (χ0v) is 19.5. The van der Waals surface area contributed by atoms with Crippen molar-refractivity contribution in [3.05, 3.63) is 0 Å². The molecule has 0 saturated heterocycles. The Morgan fingerprint density at radius 1 is 0.867 bits per heavy atom. The average molecular weight is 467 g/mol. The average Bonchev–Trinajstić information content (AvgIpc) is 2.69. The maximum Gasteiger partial charge on any atom is 0.326 e. The van der Waals surface area contributed by atoms with Gasteiger partial charge in [-0.15, -0.1) is 0 Å². The van der Waals surface area contributed by atoms with Gasteiger partial charge in [-0.2, -0.15) is 23.5 Å². The van der Waals surface area contributed by atoms with Gasteiger partial charge >= 0.3 is 5.97 Å². The van der Waals surface area contributed by atoms with Gasteiger partial charge in [-0.05, 0) is 42.8 Å². The van der Waals surface area contributed by atoms with Crippen LogP contribution in [-0.2, 0) is 19.2 Å². The summed E-state index contributed by atoms with van der Waals surface area (Å²) in [6, 6.07) is -4.21.